The fourth-order valence-electron chi connectivity index (χ4n) is 1.46. The highest BCUT2D eigenvalue weighted by Gasteiger charge is 2.11. The van der Waals surface area contributed by atoms with Gasteiger partial charge in [-0.15, -0.1) is 6.58 Å². The minimum absolute atomic E-state index is 0.547. The third-order valence-corrected chi connectivity index (χ3v) is 2.52. The fourth-order valence-corrected chi connectivity index (χ4v) is 1.75. The van der Waals surface area contributed by atoms with Gasteiger partial charge in [-0.25, -0.2) is 0 Å². The molecule has 1 N–H and O–H groups in total. The summed E-state index contributed by atoms with van der Waals surface area (Å²) in [5.74, 6) is 1.25. The predicted octanol–water partition coefficient (Wildman–Crippen LogP) is 3.02. The standard InChI is InChI=1S/C13H18ClNO2/c1-4-5-6-17-13-11(14)7-10(9-15-2)8-12(13)16-3/h4,7-8,15H,1,5-6,9H2,2-3H3. The summed E-state index contributed by atoms with van der Waals surface area (Å²) in [6.45, 7) is 4.93. The zero-order valence-corrected chi connectivity index (χ0v) is 11.0. The molecule has 1 rings (SSSR count). The molecule has 0 aliphatic heterocycles. The summed E-state index contributed by atoms with van der Waals surface area (Å²) >= 11 is 6.17. The van der Waals surface area contributed by atoms with Crippen molar-refractivity contribution >= 4 is 11.6 Å². The molecule has 0 aliphatic rings. The van der Waals surface area contributed by atoms with Crippen LogP contribution in [-0.2, 0) is 6.54 Å². The Morgan fingerprint density at radius 3 is 2.82 bits per heavy atom. The van der Waals surface area contributed by atoms with Gasteiger partial charge in [-0.05, 0) is 31.2 Å². The molecule has 0 aromatic heterocycles. The Hall–Kier alpha value is -1.19. The Morgan fingerprint density at radius 2 is 2.24 bits per heavy atom. The van der Waals surface area contributed by atoms with E-state index in [2.05, 4.69) is 11.9 Å². The maximum atomic E-state index is 6.17. The van der Waals surface area contributed by atoms with Gasteiger partial charge in [0.25, 0.3) is 0 Å². The van der Waals surface area contributed by atoms with Gasteiger partial charge in [0.05, 0.1) is 18.7 Å². The summed E-state index contributed by atoms with van der Waals surface area (Å²) < 4.78 is 10.9. The molecule has 0 saturated heterocycles. The van der Waals surface area contributed by atoms with Crippen LogP contribution < -0.4 is 14.8 Å². The van der Waals surface area contributed by atoms with Crippen molar-refractivity contribution in [1.82, 2.24) is 5.32 Å². The molecule has 0 unspecified atom stereocenters. The molecule has 0 bridgehead atoms. The molecule has 1 aromatic carbocycles. The monoisotopic (exact) mass is 255 g/mol. The van der Waals surface area contributed by atoms with Crippen molar-refractivity contribution in [3.8, 4) is 11.5 Å². The summed E-state index contributed by atoms with van der Waals surface area (Å²) in [6, 6.07) is 3.80. The molecule has 17 heavy (non-hydrogen) atoms. The summed E-state index contributed by atoms with van der Waals surface area (Å²) in [5, 5.41) is 3.63. The van der Waals surface area contributed by atoms with Crippen molar-refractivity contribution < 1.29 is 9.47 Å². The Labute approximate surface area is 107 Å². The first kappa shape index (κ1) is 13.9. The fraction of sp³-hybridized carbons (Fsp3) is 0.385. The lowest BCUT2D eigenvalue weighted by Crippen LogP contribution is -2.06. The number of rotatable bonds is 7. The summed E-state index contributed by atoms with van der Waals surface area (Å²) in [7, 11) is 3.49. The number of benzene rings is 1. The van der Waals surface area contributed by atoms with E-state index in [4.69, 9.17) is 21.1 Å². The predicted molar refractivity (Wildman–Crippen MR) is 71.1 cm³/mol. The van der Waals surface area contributed by atoms with E-state index >= 15 is 0 Å². The van der Waals surface area contributed by atoms with Gasteiger partial charge >= 0.3 is 0 Å². The van der Waals surface area contributed by atoms with Crippen LogP contribution >= 0.6 is 11.6 Å². The minimum atomic E-state index is 0.547. The van der Waals surface area contributed by atoms with Crippen molar-refractivity contribution in [3.63, 3.8) is 0 Å². The lowest BCUT2D eigenvalue weighted by molar-refractivity contribution is 0.300. The Morgan fingerprint density at radius 1 is 1.47 bits per heavy atom. The Kier molecular flexibility index (Phi) is 5.87. The van der Waals surface area contributed by atoms with Gasteiger partial charge in [-0.1, -0.05) is 17.7 Å². The summed E-state index contributed by atoms with van der Waals surface area (Å²) in [4.78, 5) is 0. The van der Waals surface area contributed by atoms with Crippen molar-refractivity contribution in [3.05, 3.63) is 35.4 Å². The molecule has 0 heterocycles. The zero-order chi connectivity index (χ0) is 12.7. The van der Waals surface area contributed by atoms with Crippen LogP contribution in [-0.4, -0.2) is 20.8 Å². The van der Waals surface area contributed by atoms with Gasteiger partial charge in [0.15, 0.2) is 11.5 Å². The quantitative estimate of drug-likeness (QED) is 0.600. The SMILES string of the molecule is C=CCCOc1c(Cl)cc(CNC)cc1OC. The second-order valence-corrected chi connectivity index (χ2v) is 3.97. The molecule has 4 heteroatoms. The Balaban J connectivity index is 2.90. The number of methoxy groups -OCH3 is 1. The van der Waals surface area contributed by atoms with Crippen molar-refractivity contribution in [2.75, 3.05) is 20.8 Å². The van der Waals surface area contributed by atoms with E-state index in [-0.39, 0.29) is 0 Å². The first-order valence-corrected chi connectivity index (χ1v) is 5.85. The average molecular weight is 256 g/mol. The molecule has 0 radical (unpaired) electrons. The number of hydrogen-bond donors (Lipinski definition) is 1. The normalized spacial score (nSPS) is 10.1. The van der Waals surface area contributed by atoms with Crippen molar-refractivity contribution in [2.24, 2.45) is 0 Å². The van der Waals surface area contributed by atoms with Crippen LogP contribution in [0.15, 0.2) is 24.8 Å². The van der Waals surface area contributed by atoms with E-state index in [1.54, 1.807) is 13.2 Å². The zero-order valence-electron chi connectivity index (χ0n) is 10.3. The third-order valence-electron chi connectivity index (χ3n) is 2.24. The molecule has 0 fully saturated rings. The first-order chi connectivity index (χ1) is 8.22. The van der Waals surface area contributed by atoms with Crippen molar-refractivity contribution in [1.29, 1.82) is 0 Å². The van der Waals surface area contributed by atoms with Gasteiger partial charge in [-0.2, -0.15) is 0 Å². The topological polar surface area (TPSA) is 30.5 Å². The van der Waals surface area contributed by atoms with Crippen LogP contribution in [0.2, 0.25) is 5.02 Å². The number of nitrogens with one attached hydrogen (secondary N) is 1. The van der Waals surface area contributed by atoms with E-state index in [1.165, 1.54) is 0 Å². The molecule has 0 atom stereocenters. The van der Waals surface area contributed by atoms with Crippen LogP contribution in [0.1, 0.15) is 12.0 Å². The van der Waals surface area contributed by atoms with E-state index in [0.717, 1.165) is 18.5 Å². The molecule has 0 aliphatic carbocycles. The van der Waals surface area contributed by atoms with Gasteiger partial charge in [0.1, 0.15) is 0 Å². The van der Waals surface area contributed by atoms with Gasteiger partial charge in [0.2, 0.25) is 0 Å². The smallest absolute Gasteiger partial charge is 0.179 e. The maximum absolute atomic E-state index is 6.17. The van der Waals surface area contributed by atoms with Crippen LogP contribution in [0, 0.1) is 0 Å². The van der Waals surface area contributed by atoms with Crippen molar-refractivity contribution in [2.45, 2.75) is 13.0 Å². The lowest BCUT2D eigenvalue weighted by Gasteiger charge is -2.13. The molecule has 0 saturated carbocycles. The highest BCUT2D eigenvalue weighted by atomic mass is 35.5. The molecule has 0 spiro atoms. The number of hydrogen-bond acceptors (Lipinski definition) is 3. The second kappa shape index (κ2) is 7.20. The molecule has 0 amide bonds. The highest BCUT2D eigenvalue weighted by Crippen LogP contribution is 2.36. The maximum Gasteiger partial charge on any atom is 0.179 e. The second-order valence-electron chi connectivity index (χ2n) is 3.57. The molecule has 3 nitrogen and oxygen atoms in total. The van der Waals surface area contributed by atoms with E-state index in [0.29, 0.717) is 23.1 Å². The van der Waals surface area contributed by atoms with Gasteiger partial charge in [0, 0.05) is 6.54 Å². The number of ether oxygens (including phenoxy) is 2. The largest absolute Gasteiger partial charge is 0.493 e. The Bertz CT molecular complexity index is 380. The van der Waals surface area contributed by atoms with Crippen LogP contribution in [0.25, 0.3) is 0 Å². The van der Waals surface area contributed by atoms with E-state index in [9.17, 15) is 0 Å². The molecule has 1 aromatic rings. The van der Waals surface area contributed by atoms with Crippen LogP contribution in [0.3, 0.4) is 0 Å². The third kappa shape index (κ3) is 3.95. The summed E-state index contributed by atoms with van der Waals surface area (Å²) in [6.07, 6.45) is 2.58. The number of halogens is 1. The van der Waals surface area contributed by atoms with E-state index in [1.807, 2.05) is 19.2 Å². The molecular formula is C13H18ClNO2. The van der Waals surface area contributed by atoms with Crippen LogP contribution in [0.5, 0.6) is 11.5 Å². The summed E-state index contributed by atoms with van der Waals surface area (Å²) in [5.41, 5.74) is 1.06. The van der Waals surface area contributed by atoms with Crippen LogP contribution in [0.4, 0.5) is 0 Å². The van der Waals surface area contributed by atoms with Gasteiger partial charge < -0.3 is 14.8 Å². The highest BCUT2D eigenvalue weighted by molar-refractivity contribution is 6.32. The molecular weight excluding hydrogens is 238 g/mol. The first-order valence-electron chi connectivity index (χ1n) is 5.47. The average Bonchev–Trinajstić information content (AvgIpc) is 2.32. The van der Waals surface area contributed by atoms with Gasteiger partial charge in [-0.3, -0.25) is 0 Å². The minimum Gasteiger partial charge on any atom is -0.493 e. The molecule has 94 valence electrons. The van der Waals surface area contributed by atoms with E-state index < -0.39 is 0 Å². The lowest BCUT2D eigenvalue weighted by atomic mass is 10.2.